The highest BCUT2D eigenvalue weighted by molar-refractivity contribution is 9.10. The predicted molar refractivity (Wildman–Crippen MR) is 84.6 cm³/mol. The molecule has 4 heteroatoms. The average molecular weight is 339 g/mol. The van der Waals surface area contributed by atoms with Gasteiger partial charge in [0.2, 0.25) is 0 Å². The molecular formula is C16H23BrN2O. The van der Waals surface area contributed by atoms with E-state index in [-0.39, 0.29) is 6.04 Å². The SMILES string of the molecule is NC(CCN1CCOC2CCCC21)c1ccccc1Br. The molecule has 0 aromatic heterocycles. The molecule has 1 aromatic carbocycles. The van der Waals surface area contributed by atoms with E-state index in [0.29, 0.717) is 12.1 Å². The minimum absolute atomic E-state index is 0.105. The van der Waals surface area contributed by atoms with Crippen LogP contribution in [-0.2, 0) is 4.74 Å². The Balaban J connectivity index is 1.57. The molecule has 110 valence electrons. The molecular weight excluding hydrogens is 316 g/mol. The molecule has 2 N–H and O–H groups in total. The Labute approximate surface area is 129 Å². The maximum absolute atomic E-state index is 6.36. The lowest BCUT2D eigenvalue weighted by Gasteiger charge is -2.38. The molecule has 0 bridgehead atoms. The number of hydrogen-bond donors (Lipinski definition) is 1. The largest absolute Gasteiger partial charge is 0.375 e. The monoisotopic (exact) mass is 338 g/mol. The Bertz CT molecular complexity index is 454. The predicted octanol–water partition coefficient (Wildman–Crippen LogP) is 3.09. The van der Waals surface area contributed by atoms with Crippen LogP contribution in [0.1, 0.15) is 37.3 Å². The van der Waals surface area contributed by atoms with Crippen molar-refractivity contribution in [3.05, 3.63) is 34.3 Å². The lowest BCUT2D eigenvalue weighted by atomic mass is 10.0. The molecule has 3 unspecified atom stereocenters. The summed E-state index contributed by atoms with van der Waals surface area (Å²) in [6, 6.07) is 9.01. The Hall–Kier alpha value is -0.420. The van der Waals surface area contributed by atoms with Gasteiger partial charge in [-0.2, -0.15) is 0 Å². The Morgan fingerprint density at radius 2 is 2.20 bits per heavy atom. The zero-order chi connectivity index (χ0) is 13.9. The van der Waals surface area contributed by atoms with Crippen molar-refractivity contribution in [1.29, 1.82) is 0 Å². The van der Waals surface area contributed by atoms with Crippen LogP contribution in [0.3, 0.4) is 0 Å². The number of halogens is 1. The first kappa shape index (κ1) is 14.5. The molecule has 0 radical (unpaired) electrons. The second-order valence-electron chi connectivity index (χ2n) is 5.86. The molecule has 1 aromatic rings. The summed E-state index contributed by atoms with van der Waals surface area (Å²) in [5.41, 5.74) is 7.57. The summed E-state index contributed by atoms with van der Waals surface area (Å²) in [5, 5.41) is 0. The van der Waals surface area contributed by atoms with Crippen molar-refractivity contribution in [1.82, 2.24) is 4.90 Å². The van der Waals surface area contributed by atoms with Crippen LogP contribution >= 0.6 is 15.9 Å². The molecule has 3 rings (SSSR count). The first-order valence-electron chi connectivity index (χ1n) is 7.61. The molecule has 2 fully saturated rings. The van der Waals surface area contributed by atoms with Crippen LogP contribution in [-0.4, -0.2) is 36.7 Å². The zero-order valence-electron chi connectivity index (χ0n) is 11.8. The number of rotatable bonds is 4. The van der Waals surface area contributed by atoms with Crippen molar-refractivity contribution in [2.75, 3.05) is 19.7 Å². The van der Waals surface area contributed by atoms with E-state index in [1.165, 1.54) is 24.8 Å². The average Bonchev–Trinajstić information content (AvgIpc) is 2.94. The van der Waals surface area contributed by atoms with E-state index < -0.39 is 0 Å². The molecule has 0 amide bonds. The second-order valence-corrected chi connectivity index (χ2v) is 6.71. The number of nitrogens with two attached hydrogens (primary N) is 1. The minimum atomic E-state index is 0.105. The highest BCUT2D eigenvalue weighted by Crippen LogP contribution is 2.31. The van der Waals surface area contributed by atoms with Gasteiger partial charge in [-0.3, -0.25) is 4.90 Å². The van der Waals surface area contributed by atoms with Crippen molar-refractivity contribution in [2.45, 2.75) is 43.9 Å². The molecule has 1 saturated heterocycles. The second kappa shape index (κ2) is 6.56. The minimum Gasteiger partial charge on any atom is -0.375 e. The molecule has 3 atom stereocenters. The van der Waals surface area contributed by atoms with Crippen molar-refractivity contribution in [2.24, 2.45) is 5.73 Å². The maximum atomic E-state index is 6.36. The van der Waals surface area contributed by atoms with Gasteiger partial charge in [0.1, 0.15) is 0 Å². The van der Waals surface area contributed by atoms with Crippen LogP contribution in [0.25, 0.3) is 0 Å². The molecule has 0 spiro atoms. The summed E-state index contributed by atoms with van der Waals surface area (Å²) >= 11 is 3.59. The summed E-state index contributed by atoms with van der Waals surface area (Å²) in [6.45, 7) is 3.02. The van der Waals surface area contributed by atoms with Crippen LogP contribution in [0, 0.1) is 0 Å². The van der Waals surface area contributed by atoms with Gasteiger partial charge < -0.3 is 10.5 Å². The molecule has 2 aliphatic rings. The van der Waals surface area contributed by atoms with E-state index in [9.17, 15) is 0 Å². The first-order valence-corrected chi connectivity index (χ1v) is 8.40. The van der Waals surface area contributed by atoms with Crippen molar-refractivity contribution in [3.8, 4) is 0 Å². The van der Waals surface area contributed by atoms with Crippen LogP contribution in [0.5, 0.6) is 0 Å². The number of benzene rings is 1. The van der Waals surface area contributed by atoms with Gasteiger partial charge in [0, 0.05) is 29.6 Å². The van der Waals surface area contributed by atoms with Crippen molar-refractivity contribution >= 4 is 15.9 Å². The fraction of sp³-hybridized carbons (Fsp3) is 0.625. The van der Waals surface area contributed by atoms with E-state index >= 15 is 0 Å². The third-order valence-corrected chi connectivity index (χ3v) is 5.35. The Kier molecular flexibility index (Phi) is 4.76. The first-order chi connectivity index (χ1) is 9.75. The summed E-state index contributed by atoms with van der Waals surface area (Å²) in [6.07, 6.45) is 5.31. The zero-order valence-corrected chi connectivity index (χ0v) is 13.4. The van der Waals surface area contributed by atoms with Gasteiger partial charge in [-0.25, -0.2) is 0 Å². The number of morpholine rings is 1. The molecule has 3 nitrogen and oxygen atoms in total. The molecule has 20 heavy (non-hydrogen) atoms. The lowest BCUT2D eigenvalue weighted by Crippen LogP contribution is -2.49. The lowest BCUT2D eigenvalue weighted by molar-refractivity contribution is -0.0561. The summed E-state index contributed by atoms with van der Waals surface area (Å²) in [5.74, 6) is 0. The quantitative estimate of drug-likeness (QED) is 0.916. The van der Waals surface area contributed by atoms with E-state index in [4.69, 9.17) is 10.5 Å². The maximum Gasteiger partial charge on any atom is 0.0730 e. The van der Waals surface area contributed by atoms with Crippen molar-refractivity contribution in [3.63, 3.8) is 0 Å². The van der Waals surface area contributed by atoms with Gasteiger partial charge in [0.15, 0.2) is 0 Å². The Morgan fingerprint density at radius 3 is 3.05 bits per heavy atom. The van der Waals surface area contributed by atoms with Gasteiger partial charge in [-0.15, -0.1) is 0 Å². The van der Waals surface area contributed by atoms with Gasteiger partial charge in [-0.05, 0) is 37.3 Å². The standard InChI is InChI=1S/C16H23BrN2O/c17-13-5-2-1-4-12(13)14(18)8-9-19-10-11-20-16-7-3-6-15(16)19/h1-2,4-5,14-16H,3,6-11,18H2. The fourth-order valence-corrected chi connectivity index (χ4v) is 4.10. The summed E-state index contributed by atoms with van der Waals surface area (Å²) in [7, 11) is 0. The van der Waals surface area contributed by atoms with Crippen LogP contribution < -0.4 is 5.73 Å². The third-order valence-electron chi connectivity index (χ3n) is 4.63. The highest BCUT2D eigenvalue weighted by Gasteiger charge is 2.35. The van der Waals surface area contributed by atoms with Crippen LogP contribution in [0.4, 0.5) is 0 Å². The molecule has 1 aliphatic carbocycles. The summed E-state index contributed by atoms with van der Waals surface area (Å²) < 4.78 is 6.98. The van der Waals surface area contributed by atoms with Crippen molar-refractivity contribution < 1.29 is 4.74 Å². The normalized spacial score (nSPS) is 28.3. The van der Waals surface area contributed by atoms with E-state index in [0.717, 1.165) is 30.6 Å². The van der Waals surface area contributed by atoms with E-state index in [1.54, 1.807) is 0 Å². The van der Waals surface area contributed by atoms with Gasteiger partial charge in [0.05, 0.1) is 12.7 Å². The third kappa shape index (κ3) is 3.08. The molecule has 1 aliphatic heterocycles. The summed E-state index contributed by atoms with van der Waals surface area (Å²) in [4.78, 5) is 2.60. The molecule has 1 heterocycles. The number of fused-ring (bicyclic) bond motifs is 1. The fourth-order valence-electron chi connectivity index (χ4n) is 3.52. The van der Waals surface area contributed by atoms with Crippen LogP contribution in [0.15, 0.2) is 28.7 Å². The van der Waals surface area contributed by atoms with Crippen LogP contribution in [0.2, 0.25) is 0 Å². The van der Waals surface area contributed by atoms with E-state index in [2.05, 4.69) is 39.0 Å². The molecule has 1 saturated carbocycles. The topological polar surface area (TPSA) is 38.5 Å². The van der Waals surface area contributed by atoms with Gasteiger partial charge in [-0.1, -0.05) is 34.1 Å². The van der Waals surface area contributed by atoms with E-state index in [1.807, 2.05) is 6.07 Å². The Morgan fingerprint density at radius 1 is 1.35 bits per heavy atom. The van der Waals surface area contributed by atoms with Gasteiger partial charge >= 0.3 is 0 Å². The number of nitrogens with zero attached hydrogens (tertiary/aromatic N) is 1. The number of hydrogen-bond acceptors (Lipinski definition) is 3. The smallest absolute Gasteiger partial charge is 0.0730 e. The highest BCUT2D eigenvalue weighted by atomic mass is 79.9. The van der Waals surface area contributed by atoms with Gasteiger partial charge in [0.25, 0.3) is 0 Å². The number of ether oxygens (including phenoxy) is 1.